The molecule has 5 aromatic carbocycles. The normalized spacial score (nSPS) is 13.3. The number of hydrogen-bond acceptors (Lipinski definition) is 9. The summed E-state index contributed by atoms with van der Waals surface area (Å²) in [5.74, 6) is -1.23. The van der Waals surface area contributed by atoms with Crippen LogP contribution in [0.5, 0.6) is 11.5 Å². The number of benzene rings is 5. The molecule has 2 unspecified atom stereocenters. The predicted molar refractivity (Wildman–Crippen MR) is 256 cm³/mol. The number of phenols is 1. The highest BCUT2D eigenvalue weighted by atomic mass is 28.4. The Hall–Kier alpha value is -6.74. The first-order chi connectivity index (χ1) is 31.0. The van der Waals surface area contributed by atoms with Gasteiger partial charge in [0.2, 0.25) is 11.2 Å². The molecule has 0 aliphatic rings. The summed E-state index contributed by atoms with van der Waals surface area (Å²) in [6.45, 7) is 16.8. The summed E-state index contributed by atoms with van der Waals surface area (Å²) in [6, 6.07) is 35.5. The summed E-state index contributed by atoms with van der Waals surface area (Å²) in [5.41, 5.74) is 1.03. The number of aliphatic hydroxyl groups is 1. The Morgan fingerprint density at radius 3 is 1.97 bits per heavy atom. The number of hydrogen-bond donors (Lipinski definition) is 5. The molecule has 0 aliphatic heterocycles. The monoisotopic (exact) mass is 913 g/mol. The maximum Gasteiger partial charge on any atom is 0.410 e. The van der Waals surface area contributed by atoms with Crippen molar-refractivity contribution >= 4 is 37.2 Å². The topological polar surface area (TPSA) is 188 Å². The molecule has 0 radical (unpaired) electrons. The van der Waals surface area contributed by atoms with E-state index in [1.54, 1.807) is 105 Å². The van der Waals surface area contributed by atoms with Gasteiger partial charge in [0.25, 0.3) is 5.91 Å². The van der Waals surface area contributed by atoms with Gasteiger partial charge >= 0.3 is 12.1 Å². The van der Waals surface area contributed by atoms with Crippen molar-refractivity contribution in [2.24, 2.45) is 0 Å². The Kier molecular flexibility index (Phi) is 14.6. The van der Waals surface area contributed by atoms with Crippen LogP contribution in [0.25, 0.3) is 10.9 Å². The van der Waals surface area contributed by atoms with Gasteiger partial charge in [0, 0.05) is 30.1 Å². The fourth-order valence-electron chi connectivity index (χ4n) is 7.07. The van der Waals surface area contributed by atoms with E-state index in [0.29, 0.717) is 22.3 Å². The minimum Gasteiger partial charge on any atom is -0.506 e. The molecule has 14 heteroatoms. The Balaban J connectivity index is 1.10. The van der Waals surface area contributed by atoms with Gasteiger partial charge < -0.3 is 44.4 Å². The number of carboxylic acids is 1. The van der Waals surface area contributed by atoms with E-state index in [2.05, 4.69) is 44.2 Å². The Morgan fingerprint density at radius 2 is 1.36 bits per heavy atom. The molecule has 0 saturated carbocycles. The lowest BCUT2D eigenvalue weighted by molar-refractivity contribution is -0.155. The largest absolute Gasteiger partial charge is 0.506 e. The second-order valence-corrected chi connectivity index (χ2v) is 23.7. The third-order valence-electron chi connectivity index (χ3n) is 11.8. The third kappa shape index (κ3) is 11.7. The van der Waals surface area contributed by atoms with Gasteiger partial charge in [-0.05, 0) is 109 Å². The van der Waals surface area contributed by atoms with Gasteiger partial charge in [0.05, 0.1) is 18.2 Å². The van der Waals surface area contributed by atoms with E-state index in [9.17, 15) is 34.5 Å². The lowest BCUT2D eigenvalue weighted by atomic mass is 9.86. The van der Waals surface area contributed by atoms with E-state index in [1.807, 2.05) is 24.3 Å². The highest BCUT2D eigenvalue weighted by Gasteiger charge is 2.42. The van der Waals surface area contributed by atoms with Crippen molar-refractivity contribution in [3.05, 3.63) is 177 Å². The molecule has 0 spiro atoms. The maximum atomic E-state index is 14.0. The molecule has 13 nitrogen and oxygen atoms in total. The van der Waals surface area contributed by atoms with Crippen molar-refractivity contribution < 1.29 is 43.6 Å². The maximum absolute atomic E-state index is 14.0. The average molecular weight is 914 g/mol. The van der Waals surface area contributed by atoms with Crippen LogP contribution in [0.3, 0.4) is 0 Å². The molecule has 0 bridgehead atoms. The smallest absolute Gasteiger partial charge is 0.410 e. The third-order valence-corrected chi connectivity index (χ3v) is 16.3. The zero-order chi connectivity index (χ0) is 48.0. The number of phenolic OH excluding ortho intramolecular Hbond substituents is 1. The van der Waals surface area contributed by atoms with Crippen molar-refractivity contribution in [3.63, 3.8) is 0 Å². The minimum atomic E-state index is -2.48. The van der Waals surface area contributed by atoms with Crippen LogP contribution in [-0.4, -0.2) is 63.6 Å². The lowest BCUT2D eigenvalue weighted by Crippen LogP contribution is -2.45. The summed E-state index contributed by atoms with van der Waals surface area (Å²) in [6.07, 6.45) is -1.21. The minimum absolute atomic E-state index is 0.0764. The molecule has 66 heavy (non-hydrogen) atoms. The number of aromatic amines is 1. The highest BCUT2D eigenvalue weighted by Crippen LogP contribution is 2.42. The van der Waals surface area contributed by atoms with E-state index in [4.69, 9.17) is 13.9 Å². The summed E-state index contributed by atoms with van der Waals surface area (Å²) >= 11 is 0. The van der Waals surface area contributed by atoms with Crippen LogP contribution in [0.2, 0.25) is 18.1 Å². The van der Waals surface area contributed by atoms with E-state index in [-0.39, 0.29) is 65.1 Å². The molecule has 346 valence electrons. The van der Waals surface area contributed by atoms with Crippen molar-refractivity contribution in [3.8, 4) is 11.5 Å². The van der Waals surface area contributed by atoms with Gasteiger partial charge in [-0.25, -0.2) is 9.59 Å². The van der Waals surface area contributed by atoms with Crippen LogP contribution < -0.4 is 15.6 Å². The molecule has 1 heterocycles. The van der Waals surface area contributed by atoms with Gasteiger partial charge in [0.15, 0.2) is 8.32 Å². The number of aliphatic carboxylic acids is 1. The van der Waals surface area contributed by atoms with Gasteiger partial charge in [-0.15, -0.1) is 0 Å². The van der Waals surface area contributed by atoms with Gasteiger partial charge in [-0.2, -0.15) is 0 Å². The van der Waals surface area contributed by atoms with Gasteiger partial charge in [0.1, 0.15) is 23.7 Å². The molecule has 1 aromatic heterocycles. The fourth-order valence-corrected chi connectivity index (χ4v) is 8.34. The van der Waals surface area contributed by atoms with Crippen molar-refractivity contribution in [2.45, 2.75) is 96.7 Å². The highest BCUT2D eigenvalue weighted by molar-refractivity contribution is 6.74. The Labute approximate surface area is 386 Å². The molecule has 0 aliphatic carbocycles. The number of rotatable bonds is 16. The number of carbonyl (C=O) groups is 3. The number of aromatic hydroxyl groups is 1. The van der Waals surface area contributed by atoms with Crippen LogP contribution in [0.15, 0.2) is 132 Å². The summed E-state index contributed by atoms with van der Waals surface area (Å²) in [4.78, 5) is 56.0. The number of ether oxygens (including phenoxy) is 2. The molecule has 6 aromatic rings. The van der Waals surface area contributed by atoms with Crippen LogP contribution in [0.4, 0.5) is 4.79 Å². The molecule has 2 atom stereocenters. The molecule has 6 rings (SSSR count). The number of pyridine rings is 1. The zero-order valence-electron chi connectivity index (χ0n) is 38.7. The van der Waals surface area contributed by atoms with Gasteiger partial charge in [-0.1, -0.05) is 106 Å². The predicted octanol–water partition coefficient (Wildman–Crippen LogP) is 9.56. The SMILES string of the molecule is CC(C)(C)OC(=O)N(Cc1ccc(C(=O)NCc2ccc(COc3ccc(C(O)(C(=O)O)c4ccccc4)cc3)cc2)cc1)CC(O[Si](C)(C)C(C)(C)C)c1ccc(O)c2[nH]c(=O)ccc12. The van der Waals surface area contributed by atoms with E-state index < -0.39 is 37.7 Å². The number of amides is 2. The first kappa shape index (κ1) is 48.7. The average Bonchev–Trinajstić information content (AvgIpc) is 3.27. The summed E-state index contributed by atoms with van der Waals surface area (Å²) in [5, 5.41) is 35.1. The number of nitrogens with one attached hydrogen (secondary N) is 2. The number of fused-ring (bicyclic) bond motifs is 1. The van der Waals surface area contributed by atoms with Crippen LogP contribution in [0, 0.1) is 0 Å². The fraction of sp³-hybridized carbons (Fsp3) is 0.308. The van der Waals surface area contributed by atoms with Crippen LogP contribution in [0.1, 0.15) is 91.4 Å². The first-order valence-electron chi connectivity index (χ1n) is 21.7. The molecular weight excluding hydrogens is 855 g/mol. The van der Waals surface area contributed by atoms with Crippen molar-refractivity contribution in [2.75, 3.05) is 6.54 Å². The van der Waals surface area contributed by atoms with E-state index >= 15 is 0 Å². The van der Waals surface area contributed by atoms with Crippen LogP contribution >= 0.6 is 0 Å². The molecule has 5 N–H and O–H groups in total. The summed E-state index contributed by atoms with van der Waals surface area (Å²) in [7, 11) is -2.48. The Bertz CT molecular complexity index is 2710. The summed E-state index contributed by atoms with van der Waals surface area (Å²) < 4.78 is 18.9. The molecular formula is C52H59N3O10Si. The first-order valence-corrected chi connectivity index (χ1v) is 24.6. The van der Waals surface area contributed by atoms with E-state index in [0.717, 1.165) is 16.7 Å². The molecule has 2 amide bonds. The molecule has 0 fully saturated rings. The van der Waals surface area contributed by atoms with E-state index in [1.165, 1.54) is 24.3 Å². The number of nitrogens with zero attached hydrogens (tertiary/aromatic N) is 1. The quantitative estimate of drug-likeness (QED) is 0.0585. The second kappa shape index (κ2) is 19.8. The Morgan fingerprint density at radius 1 is 0.758 bits per heavy atom. The second-order valence-electron chi connectivity index (χ2n) is 18.9. The van der Waals surface area contributed by atoms with Crippen molar-refractivity contribution in [1.82, 2.24) is 15.2 Å². The van der Waals surface area contributed by atoms with Crippen LogP contribution in [-0.2, 0) is 39.3 Å². The number of aromatic nitrogens is 1. The lowest BCUT2D eigenvalue weighted by Gasteiger charge is -2.41. The zero-order valence-corrected chi connectivity index (χ0v) is 39.7. The molecule has 0 saturated heterocycles. The number of carboxylic acid groups (broad SMARTS) is 1. The standard InChI is InChI=1S/C52H59N3O10Si/c1-50(2,3)64-49(61)55(32-44(65-66(7,8)51(4,5)6)41-26-28-43(56)46-42(41)27-29-45(57)54-46)31-35-18-20-37(21-19-35)47(58)53-30-34-14-16-36(17-15-34)33-63-40-24-22-39(23-25-40)52(62,48(59)60)38-12-10-9-11-13-38/h9-29,44,56,62H,30-33H2,1-8H3,(H,53,58)(H,54,57)(H,59,60). The number of carbonyl (C=O) groups excluding carboxylic acids is 2. The number of H-pyrrole nitrogens is 1. The van der Waals surface area contributed by atoms with Gasteiger partial charge in [-0.3, -0.25) is 9.59 Å². The van der Waals surface area contributed by atoms with Crippen molar-refractivity contribution in [1.29, 1.82) is 0 Å².